The van der Waals surface area contributed by atoms with Gasteiger partial charge in [-0.25, -0.2) is 0 Å². The second-order valence-electron chi connectivity index (χ2n) is 4.02. The molecule has 0 aliphatic rings. The zero-order valence-electron chi connectivity index (χ0n) is 11.5. The molecule has 0 fully saturated rings. The molecule has 116 valence electrons. The SMILES string of the molecule is COCc1nnc(NC(=O)COc2ccc([N+](=O)[O-])cc2)s1. The Balaban J connectivity index is 1.82. The van der Waals surface area contributed by atoms with Crippen LogP contribution in [0.25, 0.3) is 0 Å². The van der Waals surface area contributed by atoms with E-state index in [9.17, 15) is 14.9 Å². The summed E-state index contributed by atoms with van der Waals surface area (Å²) < 4.78 is 10.1. The van der Waals surface area contributed by atoms with Gasteiger partial charge in [0.1, 0.15) is 17.4 Å². The van der Waals surface area contributed by atoms with Gasteiger partial charge in [-0.2, -0.15) is 0 Å². The third-order valence-electron chi connectivity index (χ3n) is 2.40. The zero-order chi connectivity index (χ0) is 15.9. The molecule has 1 aromatic carbocycles. The van der Waals surface area contributed by atoms with E-state index in [-0.39, 0.29) is 12.3 Å². The molecule has 1 amide bonds. The fraction of sp³-hybridized carbons (Fsp3) is 0.250. The van der Waals surface area contributed by atoms with Crippen LogP contribution in [0, 0.1) is 10.1 Å². The highest BCUT2D eigenvalue weighted by Crippen LogP contribution is 2.18. The first kappa shape index (κ1) is 15.8. The lowest BCUT2D eigenvalue weighted by Gasteiger charge is -2.05. The predicted octanol–water partition coefficient (Wildman–Crippen LogP) is 1.61. The van der Waals surface area contributed by atoms with Crippen LogP contribution in [0.5, 0.6) is 5.75 Å². The van der Waals surface area contributed by atoms with E-state index in [1.165, 1.54) is 42.7 Å². The molecule has 0 saturated heterocycles. The number of aromatic nitrogens is 2. The summed E-state index contributed by atoms with van der Waals surface area (Å²) >= 11 is 1.20. The number of nitrogens with zero attached hydrogens (tertiary/aromatic N) is 3. The molecule has 10 heteroatoms. The average molecular weight is 324 g/mol. The first-order chi connectivity index (χ1) is 10.6. The number of methoxy groups -OCH3 is 1. The van der Waals surface area contributed by atoms with Crippen molar-refractivity contribution < 1.29 is 19.2 Å². The van der Waals surface area contributed by atoms with E-state index in [1.54, 1.807) is 0 Å². The number of nitro benzene ring substituents is 1. The Labute approximate surface area is 129 Å². The molecular formula is C12H12N4O5S. The lowest BCUT2D eigenvalue weighted by Crippen LogP contribution is -2.20. The maximum absolute atomic E-state index is 11.7. The number of anilines is 1. The molecule has 0 unspecified atom stereocenters. The van der Waals surface area contributed by atoms with Crippen molar-refractivity contribution in [2.24, 2.45) is 0 Å². The summed E-state index contributed by atoms with van der Waals surface area (Å²) in [5, 5.41) is 21.7. The summed E-state index contributed by atoms with van der Waals surface area (Å²) in [6.07, 6.45) is 0. The average Bonchev–Trinajstić information content (AvgIpc) is 2.93. The number of non-ortho nitro benzene ring substituents is 1. The third-order valence-corrected chi connectivity index (χ3v) is 3.21. The van der Waals surface area contributed by atoms with Crippen molar-refractivity contribution in [3.8, 4) is 5.75 Å². The molecule has 1 aromatic heterocycles. The number of nitrogens with one attached hydrogen (secondary N) is 1. The Morgan fingerprint density at radius 2 is 2.09 bits per heavy atom. The molecule has 0 bridgehead atoms. The highest BCUT2D eigenvalue weighted by atomic mass is 32.1. The highest BCUT2D eigenvalue weighted by Gasteiger charge is 2.10. The maximum atomic E-state index is 11.7. The van der Waals surface area contributed by atoms with Gasteiger partial charge in [-0.1, -0.05) is 11.3 Å². The van der Waals surface area contributed by atoms with Gasteiger partial charge in [0.2, 0.25) is 5.13 Å². The van der Waals surface area contributed by atoms with Gasteiger partial charge < -0.3 is 9.47 Å². The Morgan fingerprint density at radius 1 is 1.36 bits per heavy atom. The molecule has 0 spiro atoms. The topological polar surface area (TPSA) is 116 Å². The minimum absolute atomic E-state index is 0.0451. The van der Waals surface area contributed by atoms with E-state index >= 15 is 0 Å². The van der Waals surface area contributed by atoms with E-state index in [2.05, 4.69) is 15.5 Å². The van der Waals surface area contributed by atoms with Crippen LogP contribution in [0.1, 0.15) is 5.01 Å². The number of carbonyl (C=O) groups excluding carboxylic acids is 1. The molecule has 0 aliphatic carbocycles. The van der Waals surface area contributed by atoms with Gasteiger partial charge in [0.05, 0.1) is 4.92 Å². The number of carbonyl (C=O) groups is 1. The molecule has 1 heterocycles. The summed E-state index contributed by atoms with van der Waals surface area (Å²) in [4.78, 5) is 21.7. The Bertz CT molecular complexity index is 658. The molecule has 1 N–H and O–H groups in total. The second kappa shape index (κ2) is 7.43. The van der Waals surface area contributed by atoms with Crippen LogP contribution in [-0.4, -0.2) is 34.7 Å². The summed E-state index contributed by atoms with van der Waals surface area (Å²) in [7, 11) is 1.54. The van der Waals surface area contributed by atoms with E-state index < -0.39 is 10.8 Å². The van der Waals surface area contributed by atoms with Crippen molar-refractivity contribution in [3.63, 3.8) is 0 Å². The molecule has 2 aromatic rings. The summed E-state index contributed by atoms with van der Waals surface area (Å²) in [5.74, 6) is -0.0449. The molecule has 0 atom stereocenters. The van der Waals surface area contributed by atoms with Crippen LogP contribution in [0.2, 0.25) is 0 Å². The van der Waals surface area contributed by atoms with Crippen molar-refractivity contribution >= 4 is 28.1 Å². The van der Waals surface area contributed by atoms with Gasteiger partial charge >= 0.3 is 0 Å². The van der Waals surface area contributed by atoms with Gasteiger partial charge in [-0.15, -0.1) is 10.2 Å². The third kappa shape index (κ3) is 4.46. The van der Waals surface area contributed by atoms with E-state index in [0.29, 0.717) is 22.5 Å². The molecule has 22 heavy (non-hydrogen) atoms. The quantitative estimate of drug-likeness (QED) is 0.607. The summed E-state index contributed by atoms with van der Waals surface area (Å²) in [6.45, 7) is 0.0871. The maximum Gasteiger partial charge on any atom is 0.269 e. The number of benzene rings is 1. The van der Waals surface area contributed by atoms with Crippen LogP contribution < -0.4 is 10.1 Å². The van der Waals surface area contributed by atoms with Gasteiger partial charge in [0.25, 0.3) is 11.6 Å². The lowest BCUT2D eigenvalue weighted by atomic mass is 10.3. The van der Waals surface area contributed by atoms with Crippen molar-refractivity contribution in [2.75, 3.05) is 19.0 Å². The number of rotatable bonds is 7. The zero-order valence-corrected chi connectivity index (χ0v) is 12.3. The van der Waals surface area contributed by atoms with Gasteiger partial charge in [0, 0.05) is 19.2 Å². The van der Waals surface area contributed by atoms with Crippen LogP contribution in [-0.2, 0) is 16.1 Å². The standard InChI is InChI=1S/C12H12N4O5S/c1-20-7-11-14-15-12(22-11)13-10(17)6-21-9-4-2-8(3-5-9)16(18)19/h2-5H,6-7H2,1H3,(H,13,15,17). The van der Waals surface area contributed by atoms with Crippen molar-refractivity contribution in [1.82, 2.24) is 10.2 Å². The largest absolute Gasteiger partial charge is 0.484 e. The molecular weight excluding hydrogens is 312 g/mol. The number of ether oxygens (including phenoxy) is 2. The van der Waals surface area contributed by atoms with Crippen LogP contribution in [0.15, 0.2) is 24.3 Å². The first-order valence-electron chi connectivity index (χ1n) is 6.07. The van der Waals surface area contributed by atoms with E-state index in [4.69, 9.17) is 9.47 Å². The van der Waals surface area contributed by atoms with E-state index in [1.807, 2.05) is 0 Å². The Morgan fingerprint density at radius 3 is 2.73 bits per heavy atom. The molecule has 0 saturated carbocycles. The summed E-state index contributed by atoms with van der Waals surface area (Å²) in [6, 6.07) is 5.45. The minimum atomic E-state index is -0.510. The monoisotopic (exact) mass is 324 g/mol. The Hall–Kier alpha value is -2.59. The minimum Gasteiger partial charge on any atom is -0.484 e. The highest BCUT2D eigenvalue weighted by molar-refractivity contribution is 7.15. The van der Waals surface area contributed by atoms with E-state index in [0.717, 1.165) is 0 Å². The van der Waals surface area contributed by atoms with Gasteiger partial charge in [-0.3, -0.25) is 20.2 Å². The molecule has 2 rings (SSSR count). The smallest absolute Gasteiger partial charge is 0.269 e. The second-order valence-corrected chi connectivity index (χ2v) is 5.08. The Kier molecular flexibility index (Phi) is 5.33. The molecule has 0 aliphatic heterocycles. The molecule has 0 radical (unpaired) electrons. The first-order valence-corrected chi connectivity index (χ1v) is 6.88. The molecule has 9 nitrogen and oxygen atoms in total. The summed E-state index contributed by atoms with van der Waals surface area (Å²) in [5.41, 5.74) is -0.0451. The fourth-order valence-corrected chi connectivity index (χ4v) is 2.18. The fourth-order valence-electron chi connectivity index (χ4n) is 1.45. The number of hydrogen-bond donors (Lipinski definition) is 1. The van der Waals surface area contributed by atoms with Crippen molar-refractivity contribution in [1.29, 1.82) is 0 Å². The number of nitro groups is 1. The van der Waals surface area contributed by atoms with Crippen LogP contribution in [0.3, 0.4) is 0 Å². The van der Waals surface area contributed by atoms with Crippen molar-refractivity contribution in [2.45, 2.75) is 6.61 Å². The number of amides is 1. The predicted molar refractivity (Wildman–Crippen MR) is 77.8 cm³/mol. The van der Waals surface area contributed by atoms with Gasteiger partial charge in [-0.05, 0) is 12.1 Å². The lowest BCUT2D eigenvalue weighted by molar-refractivity contribution is -0.384. The van der Waals surface area contributed by atoms with Crippen LogP contribution in [0.4, 0.5) is 10.8 Å². The van der Waals surface area contributed by atoms with Crippen molar-refractivity contribution in [3.05, 3.63) is 39.4 Å². The number of hydrogen-bond acceptors (Lipinski definition) is 8. The normalized spacial score (nSPS) is 10.2. The van der Waals surface area contributed by atoms with Gasteiger partial charge in [0.15, 0.2) is 6.61 Å². The van der Waals surface area contributed by atoms with Crippen LogP contribution >= 0.6 is 11.3 Å².